The zero-order valence-corrected chi connectivity index (χ0v) is 17.9. The summed E-state index contributed by atoms with van der Waals surface area (Å²) in [5, 5.41) is 9.02. The summed E-state index contributed by atoms with van der Waals surface area (Å²) in [4.78, 5) is 12.9. The molecule has 0 aliphatic heterocycles. The maximum absolute atomic E-state index is 12.9. The quantitative estimate of drug-likeness (QED) is 0.584. The second kappa shape index (κ2) is 8.39. The van der Waals surface area contributed by atoms with Gasteiger partial charge in [0.05, 0.1) is 39.9 Å². The predicted octanol–water partition coefficient (Wildman–Crippen LogP) is 1.11. The van der Waals surface area contributed by atoms with Gasteiger partial charge >= 0.3 is 0 Å². The van der Waals surface area contributed by atoms with Crippen molar-refractivity contribution in [2.45, 2.75) is 11.8 Å². The number of nitrogens with one attached hydrogen (secondary N) is 1. The van der Waals surface area contributed by atoms with E-state index in [1.165, 1.54) is 36.1 Å². The lowest BCUT2D eigenvalue weighted by Gasteiger charge is -2.11. The molecule has 0 aliphatic rings. The van der Waals surface area contributed by atoms with Gasteiger partial charge in [0.1, 0.15) is 0 Å². The molecule has 0 bridgehead atoms. The fraction of sp³-hybridized carbons (Fsp3) is 0.150. The van der Waals surface area contributed by atoms with Gasteiger partial charge in [-0.25, -0.2) is 18.2 Å². The Bertz CT molecular complexity index is 1360. The summed E-state index contributed by atoms with van der Waals surface area (Å²) in [6.45, 7) is 6.14. The van der Waals surface area contributed by atoms with Crippen molar-refractivity contribution in [3.05, 3.63) is 67.9 Å². The van der Waals surface area contributed by atoms with Gasteiger partial charge in [-0.05, 0) is 55.0 Å². The summed E-state index contributed by atoms with van der Waals surface area (Å²) in [7, 11) is -2.33. The highest BCUT2D eigenvalue weighted by molar-refractivity contribution is 7.89. The second-order valence-electron chi connectivity index (χ2n) is 6.29. The van der Waals surface area contributed by atoms with Gasteiger partial charge in [0.2, 0.25) is 10.0 Å². The van der Waals surface area contributed by atoms with Gasteiger partial charge < -0.3 is 9.47 Å². The molecule has 158 valence electrons. The van der Waals surface area contributed by atoms with Crippen LogP contribution in [0.25, 0.3) is 18.3 Å². The molecule has 0 amide bonds. The number of nitrogens with two attached hydrogens (primary N) is 1. The van der Waals surface area contributed by atoms with Crippen LogP contribution in [0.5, 0.6) is 11.5 Å². The second-order valence-corrected chi connectivity index (χ2v) is 8.26. The molecule has 0 atom stereocenters. The lowest BCUT2D eigenvalue weighted by molar-refractivity contribution is 0.311. The Hall–Kier alpha value is -3.01. The number of H-pyrrole nitrogens is 1. The predicted molar refractivity (Wildman–Crippen MR) is 115 cm³/mol. The summed E-state index contributed by atoms with van der Waals surface area (Å²) >= 11 is 6.28. The molecular formula is C20H20ClN3O5S. The van der Waals surface area contributed by atoms with Crippen molar-refractivity contribution < 1.29 is 17.9 Å². The van der Waals surface area contributed by atoms with Crippen molar-refractivity contribution in [3.63, 3.8) is 0 Å². The van der Waals surface area contributed by atoms with Crippen molar-refractivity contribution in [3.8, 4) is 17.2 Å². The maximum atomic E-state index is 12.9. The zero-order valence-electron chi connectivity index (χ0n) is 16.3. The van der Waals surface area contributed by atoms with E-state index in [1.54, 1.807) is 18.2 Å². The third-order valence-electron chi connectivity index (χ3n) is 4.28. The summed E-state index contributed by atoms with van der Waals surface area (Å²) < 4.78 is 34.9. The minimum atomic E-state index is -3.83. The van der Waals surface area contributed by atoms with Gasteiger partial charge in [0.15, 0.2) is 11.5 Å². The Morgan fingerprint density at radius 2 is 1.93 bits per heavy atom. The molecule has 3 aromatic rings. The lowest BCUT2D eigenvalue weighted by Crippen LogP contribution is -2.34. The zero-order chi connectivity index (χ0) is 22.1. The van der Waals surface area contributed by atoms with Crippen molar-refractivity contribution >= 4 is 34.3 Å². The molecule has 2 aromatic carbocycles. The number of hydrogen-bond donors (Lipinski definition) is 2. The van der Waals surface area contributed by atoms with Gasteiger partial charge in [-0.3, -0.25) is 9.89 Å². The van der Waals surface area contributed by atoms with Crippen LogP contribution in [0.2, 0.25) is 5.02 Å². The molecule has 0 unspecified atom stereocenters. The first-order valence-corrected chi connectivity index (χ1v) is 10.7. The minimum Gasteiger partial charge on any atom is -0.491 e. The van der Waals surface area contributed by atoms with E-state index in [1.807, 2.05) is 6.92 Å². The number of benzene rings is 2. The number of methoxy groups -OCH3 is 1. The van der Waals surface area contributed by atoms with Crippen molar-refractivity contribution in [1.82, 2.24) is 9.78 Å². The van der Waals surface area contributed by atoms with E-state index in [-0.39, 0.29) is 10.5 Å². The van der Waals surface area contributed by atoms with Gasteiger partial charge in [0.25, 0.3) is 5.56 Å². The first-order chi connectivity index (χ1) is 14.2. The van der Waals surface area contributed by atoms with Crippen LogP contribution < -0.4 is 30.7 Å². The van der Waals surface area contributed by atoms with Crippen molar-refractivity contribution in [2.24, 2.45) is 5.14 Å². The largest absolute Gasteiger partial charge is 0.491 e. The molecule has 3 N–H and O–H groups in total. The van der Waals surface area contributed by atoms with Gasteiger partial charge in [-0.15, -0.1) is 0 Å². The number of aromatic amines is 1. The van der Waals surface area contributed by atoms with Crippen LogP contribution in [0.15, 0.2) is 46.1 Å². The van der Waals surface area contributed by atoms with E-state index in [9.17, 15) is 13.2 Å². The Labute approximate surface area is 177 Å². The summed E-state index contributed by atoms with van der Waals surface area (Å²) in [6, 6.07) is 8.95. The van der Waals surface area contributed by atoms with Crippen molar-refractivity contribution in [2.75, 3.05) is 13.7 Å². The number of sulfonamides is 1. The van der Waals surface area contributed by atoms with Gasteiger partial charge in [-0.2, -0.15) is 0 Å². The molecule has 3 rings (SSSR count). The Morgan fingerprint density at radius 1 is 1.27 bits per heavy atom. The average Bonchev–Trinajstić information content (AvgIpc) is 2.96. The van der Waals surface area contributed by atoms with Gasteiger partial charge in [0, 0.05) is 0 Å². The molecule has 0 spiro atoms. The molecule has 0 saturated heterocycles. The fourth-order valence-corrected chi connectivity index (χ4v) is 3.72. The van der Waals surface area contributed by atoms with E-state index in [4.69, 9.17) is 26.2 Å². The Morgan fingerprint density at radius 3 is 2.50 bits per heavy atom. The first kappa shape index (κ1) is 21.7. The SMILES string of the molecule is C=c1[nH]n(-c2ccc(S(N)(=O)=O)cc2)c(=O)/c1=C\c1cc(Cl)c(OC)c(OCC)c1. The van der Waals surface area contributed by atoms with E-state index >= 15 is 0 Å². The van der Waals surface area contributed by atoms with Crippen LogP contribution in [0.1, 0.15) is 12.5 Å². The smallest absolute Gasteiger partial charge is 0.279 e. The van der Waals surface area contributed by atoms with Crippen LogP contribution in [-0.2, 0) is 10.0 Å². The molecule has 1 aromatic heterocycles. The van der Waals surface area contributed by atoms with E-state index in [0.29, 0.717) is 44.9 Å². The molecule has 1 heterocycles. The number of aromatic nitrogens is 2. The normalized spacial score (nSPS) is 12.2. The summed E-state index contributed by atoms with van der Waals surface area (Å²) in [6.07, 6.45) is 1.63. The Kier molecular flexibility index (Phi) is 6.06. The Balaban J connectivity index is 2.12. The molecular weight excluding hydrogens is 430 g/mol. The van der Waals surface area contributed by atoms with Crippen molar-refractivity contribution in [1.29, 1.82) is 0 Å². The number of halogens is 1. The molecule has 30 heavy (non-hydrogen) atoms. The van der Waals surface area contributed by atoms with Crippen LogP contribution in [0.3, 0.4) is 0 Å². The summed E-state index contributed by atoms with van der Waals surface area (Å²) in [5.41, 5.74) is 0.690. The van der Waals surface area contributed by atoms with E-state index in [0.717, 1.165) is 0 Å². The lowest BCUT2D eigenvalue weighted by atomic mass is 10.1. The monoisotopic (exact) mass is 449 g/mol. The number of rotatable bonds is 6. The molecule has 0 radical (unpaired) electrons. The van der Waals surface area contributed by atoms with E-state index in [2.05, 4.69) is 11.7 Å². The highest BCUT2D eigenvalue weighted by Crippen LogP contribution is 2.36. The molecule has 0 aliphatic carbocycles. The number of ether oxygens (including phenoxy) is 2. The van der Waals surface area contributed by atoms with Crippen LogP contribution in [0, 0.1) is 0 Å². The molecule has 0 fully saturated rings. The van der Waals surface area contributed by atoms with Crippen LogP contribution >= 0.6 is 11.6 Å². The maximum Gasteiger partial charge on any atom is 0.279 e. The standard InChI is InChI=1S/C20H20ClN3O5S/c1-4-29-18-11-13(10-17(21)19(18)28-3)9-16-12(2)23-24(20(16)25)14-5-7-15(8-6-14)30(22,26)27/h5-11,23H,2,4H2,1,3H3,(H2,22,26,27)/b16-9-. The van der Waals surface area contributed by atoms with E-state index < -0.39 is 10.0 Å². The highest BCUT2D eigenvalue weighted by Gasteiger charge is 2.12. The fourth-order valence-electron chi connectivity index (χ4n) is 2.91. The molecule has 0 saturated carbocycles. The number of primary sulfonamides is 1. The highest BCUT2D eigenvalue weighted by atomic mass is 35.5. The number of hydrogen-bond acceptors (Lipinski definition) is 5. The first-order valence-electron chi connectivity index (χ1n) is 8.81. The topological polar surface area (TPSA) is 116 Å². The minimum absolute atomic E-state index is 0.0520. The third kappa shape index (κ3) is 4.28. The average molecular weight is 450 g/mol. The van der Waals surface area contributed by atoms with Crippen LogP contribution in [-0.4, -0.2) is 31.9 Å². The molecule has 8 nitrogen and oxygen atoms in total. The summed E-state index contributed by atoms with van der Waals surface area (Å²) in [5.74, 6) is 0.866. The van der Waals surface area contributed by atoms with Crippen LogP contribution in [0.4, 0.5) is 0 Å². The third-order valence-corrected chi connectivity index (χ3v) is 5.49. The molecule has 10 heteroatoms. The van der Waals surface area contributed by atoms with Gasteiger partial charge in [-0.1, -0.05) is 18.2 Å². The number of nitrogens with zero attached hydrogens (tertiary/aromatic N) is 1.